The number of ether oxygens (including phenoxy) is 1. The molecule has 0 saturated heterocycles. The highest BCUT2D eigenvalue weighted by Gasteiger charge is 2.35. The molecule has 1 aromatic carbocycles. The minimum absolute atomic E-state index is 0.242. The third kappa shape index (κ3) is 3.96. The fourth-order valence-electron chi connectivity index (χ4n) is 5.02. The predicted octanol–water partition coefficient (Wildman–Crippen LogP) is 4.89. The van der Waals surface area contributed by atoms with Gasteiger partial charge in [-0.1, -0.05) is 24.3 Å². The van der Waals surface area contributed by atoms with Gasteiger partial charge in [0.15, 0.2) is 17.2 Å². The molecular formula is C27H22F3N9O. The number of hydrogen-bond acceptors (Lipinski definition) is 7. The maximum Gasteiger partial charge on any atom is 0.434 e. The van der Waals surface area contributed by atoms with E-state index in [1.54, 1.807) is 45.0 Å². The molecule has 5 aromatic heterocycles. The lowest BCUT2D eigenvalue weighted by atomic mass is 10.1. The Kier molecular flexibility index (Phi) is 5.37. The monoisotopic (exact) mass is 545 g/mol. The van der Waals surface area contributed by atoms with Crippen LogP contribution in [0.4, 0.5) is 13.2 Å². The van der Waals surface area contributed by atoms with E-state index in [2.05, 4.69) is 24.9 Å². The van der Waals surface area contributed by atoms with Gasteiger partial charge in [-0.05, 0) is 18.4 Å². The van der Waals surface area contributed by atoms with E-state index >= 15 is 0 Å². The molecule has 40 heavy (non-hydrogen) atoms. The Hall–Kier alpha value is -4.81. The van der Waals surface area contributed by atoms with Crippen molar-refractivity contribution in [1.29, 1.82) is 0 Å². The van der Waals surface area contributed by atoms with Crippen molar-refractivity contribution < 1.29 is 17.9 Å². The van der Waals surface area contributed by atoms with Crippen molar-refractivity contribution in [2.75, 3.05) is 7.11 Å². The molecule has 0 bridgehead atoms. The molecule has 0 N–H and O–H groups in total. The summed E-state index contributed by atoms with van der Waals surface area (Å²) in [5.41, 5.74) is 4.47. The number of methoxy groups -OCH3 is 1. The molecule has 202 valence electrons. The molecule has 0 amide bonds. The molecule has 0 atom stereocenters. The van der Waals surface area contributed by atoms with Crippen molar-refractivity contribution in [3.8, 4) is 28.7 Å². The number of aromatic nitrogens is 9. The van der Waals surface area contributed by atoms with E-state index in [1.165, 1.54) is 10.9 Å². The van der Waals surface area contributed by atoms with Crippen LogP contribution in [0.5, 0.6) is 5.88 Å². The molecule has 0 spiro atoms. The number of nitrogens with zero attached hydrogens (tertiary/aromatic N) is 9. The highest BCUT2D eigenvalue weighted by atomic mass is 19.4. The SMILES string of the molecule is COc1ncnc(C2CC2)c1-c1ncc2c(n1)n(Cc1ccc(-c3nc(C(F)(F)F)cn3C)cc1)c1cncn21. The molecule has 0 aliphatic heterocycles. The first-order valence-corrected chi connectivity index (χ1v) is 12.6. The molecule has 1 fully saturated rings. The molecule has 0 radical (unpaired) electrons. The van der Waals surface area contributed by atoms with E-state index in [0.29, 0.717) is 40.9 Å². The van der Waals surface area contributed by atoms with Crippen molar-refractivity contribution in [1.82, 2.24) is 43.4 Å². The summed E-state index contributed by atoms with van der Waals surface area (Å²) < 4.78 is 50.3. The van der Waals surface area contributed by atoms with E-state index in [0.717, 1.165) is 41.5 Å². The fraction of sp³-hybridized carbons (Fsp3) is 0.259. The second-order valence-electron chi connectivity index (χ2n) is 9.78. The summed E-state index contributed by atoms with van der Waals surface area (Å²) >= 11 is 0. The van der Waals surface area contributed by atoms with Crippen LogP contribution in [0.1, 0.15) is 35.7 Å². The summed E-state index contributed by atoms with van der Waals surface area (Å²) in [4.78, 5) is 26.5. The zero-order chi connectivity index (χ0) is 27.6. The summed E-state index contributed by atoms with van der Waals surface area (Å²) in [6.45, 7) is 0.446. The number of halogens is 3. The van der Waals surface area contributed by atoms with Gasteiger partial charge in [-0.25, -0.2) is 29.9 Å². The minimum Gasteiger partial charge on any atom is -0.480 e. The average molecular weight is 546 g/mol. The fourth-order valence-corrected chi connectivity index (χ4v) is 5.02. The van der Waals surface area contributed by atoms with Crippen LogP contribution >= 0.6 is 0 Å². The summed E-state index contributed by atoms with van der Waals surface area (Å²) in [7, 11) is 3.12. The van der Waals surface area contributed by atoms with Gasteiger partial charge < -0.3 is 13.9 Å². The van der Waals surface area contributed by atoms with Crippen LogP contribution in [-0.2, 0) is 19.8 Å². The largest absolute Gasteiger partial charge is 0.480 e. The molecule has 0 unspecified atom stereocenters. The number of hydrogen-bond donors (Lipinski definition) is 0. The maximum absolute atomic E-state index is 13.1. The summed E-state index contributed by atoms with van der Waals surface area (Å²) in [6, 6.07) is 7.28. The van der Waals surface area contributed by atoms with Crippen molar-refractivity contribution in [3.63, 3.8) is 0 Å². The van der Waals surface area contributed by atoms with Gasteiger partial charge >= 0.3 is 6.18 Å². The van der Waals surface area contributed by atoms with Gasteiger partial charge in [0.2, 0.25) is 5.88 Å². The normalized spacial score (nSPS) is 13.9. The zero-order valence-electron chi connectivity index (χ0n) is 21.5. The van der Waals surface area contributed by atoms with Crippen molar-refractivity contribution >= 4 is 16.8 Å². The van der Waals surface area contributed by atoms with Crippen LogP contribution in [0.15, 0.2) is 55.5 Å². The highest BCUT2D eigenvalue weighted by Crippen LogP contribution is 2.45. The number of alkyl halides is 3. The van der Waals surface area contributed by atoms with Crippen molar-refractivity contribution in [2.24, 2.45) is 7.05 Å². The molecule has 1 aliphatic rings. The van der Waals surface area contributed by atoms with E-state index in [4.69, 9.17) is 9.72 Å². The first-order valence-electron chi connectivity index (χ1n) is 12.6. The lowest BCUT2D eigenvalue weighted by Crippen LogP contribution is -2.05. The van der Waals surface area contributed by atoms with Gasteiger partial charge in [-0.15, -0.1) is 0 Å². The minimum atomic E-state index is -4.50. The molecule has 13 heteroatoms. The van der Waals surface area contributed by atoms with Gasteiger partial charge in [-0.2, -0.15) is 13.2 Å². The van der Waals surface area contributed by atoms with Crippen LogP contribution in [0.3, 0.4) is 0 Å². The third-order valence-electron chi connectivity index (χ3n) is 7.10. The van der Waals surface area contributed by atoms with Crippen LogP contribution < -0.4 is 4.74 Å². The average Bonchev–Trinajstić information content (AvgIpc) is 3.43. The lowest BCUT2D eigenvalue weighted by Gasteiger charge is -2.11. The number of imidazole rings is 3. The quantitative estimate of drug-likeness (QED) is 0.294. The highest BCUT2D eigenvalue weighted by molar-refractivity contribution is 5.80. The third-order valence-corrected chi connectivity index (χ3v) is 7.10. The summed E-state index contributed by atoms with van der Waals surface area (Å²) in [6.07, 6.45) is 5.31. The molecular weight excluding hydrogens is 523 g/mol. The van der Waals surface area contributed by atoms with E-state index in [1.807, 2.05) is 21.1 Å². The Morgan fingerprint density at radius 2 is 1.82 bits per heavy atom. The summed E-state index contributed by atoms with van der Waals surface area (Å²) in [5.74, 6) is 1.49. The van der Waals surface area contributed by atoms with Crippen LogP contribution in [0, 0.1) is 0 Å². The van der Waals surface area contributed by atoms with Gasteiger partial charge in [0, 0.05) is 24.7 Å². The topological polar surface area (TPSA) is 101 Å². The Balaban J connectivity index is 1.29. The van der Waals surface area contributed by atoms with Crippen LogP contribution in [0.25, 0.3) is 39.6 Å². The smallest absolute Gasteiger partial charge is 0.434 e. The predicted molar refractivity (Wildman–Crippen MR) is 139 cm³/mol. The number of benzene rings is 1. The Morgan fingerprint density at radius 1 is 1.02 bits per heavy atom. The van der Waals surface area contributed by atoms with Crippen LogP contribution in [-0.4, -0.2) is 50.5 Å². The zero-order valence-corrected chi connectivity index (χ0v) is 21.5. The number of rotatable bonds is 6. The summed E-state index contributed by atoms with van der Waals surface area (Å²) in [5, 5.41) is 0. The molecule has 1 saturated carbocycles. The Morgan fingerprint density at radius 3 is 2.52 bits per heavy atom. The standard InChI is InChI=1S/C27H22F3N9O/c1-37-12-19(27(28,29)30)35-24(37)17-5-3-15(4-6-17)11-38-20-10-31-14-39(20)18-9-32-23(36-25(18)38)21-22(16-7-8-16)33-13-34-26(21)40-2/h3-6,9-10,12-14,16H,7-8,11H2,1-2H3. The molecule has 10 nitrogen and oxygen atoms in total. The van der Waals surface area contributed by atoms with Crippen LogP contribution in [0.2, 0.25) is 0 Å². The van der Waals surface area contributed by atoms with E-state index in [9.17, 15) is 13.2 Å². The van der Waals surface area contributed by atoms with E-state index in [-0.39, 0.29) is 5.82 Å². The maximum atomic E-state index is 13.1. The second-order valence-corrected chi connectivity index (χ2v) is 9.78. The Labute approximate surface area is 225 Å². The van der Waals surface area contributed by atoms with E-state index < -0.39 is 11.9 Å². The number of fused-ring (bicyclic) bond motifs is 3. The molecule has 5 heterocycles. The number of aryl methyl sites for hydroxylation is 1. The van der Waals surface area contributed by atoms with Gasteiger partial charge in [-0.3, -0.25) is 4.40 Å². The van der Waals surface area contributed by atoms with Gasteiger partial charge in [0.25, 0.3) is 0 Å². The second kappa shape index (κ2) is 8.86. The first-order chi connectivity index (χ1) is 19.3. The Bertz CT molecular complexity index is 1880. The van der Waals surface area contributed by atoms with Crippen molar-refractivity contribution in [2.45, 2.75) is 31.5 Å². The molecule has 6 aromatic rings. The molecule has 7 rings (SSSR count). The molecule has 1 aliphatic carbocycles. The van der Waals surface area contributed by atoms with Gasteiger partial charge in [0.05, 0.1) is 31.7 Å². The van der Waals surface area contributed by atoms with Crippen molar-refractivity contribution in [3.05, 3.63) is 72.5 Å². The van der Waals surface area contributed by atoms with Gasteiger partial charge in [0.1, 0.15) is 35.2 Å². The lowest BCUT2D eigenvalue weighted by molar-refractivity contribution is -0.140. The first kappa shape index (κ1) is 24.2.